The van der Waals surface area contributed by atoms with Crippen LogP contribution in [0.2, 0.25) is 0 Å². The maximum atomic E-state index is 12.1. The summed E-state index contributed by atoms with van der Waals surface area (Å²) in [5.41, 5.74) is 1.06. The van der Waals surface area contributed by atoms with Gasteiger partial charge in [0, 0.05) is 12.1 Å². The molecule has 0 saturated carbocycles. The number of carbonyl (C=O) groups is 2. The summed E-state index contributed by atoms with van der Waals surface area (Å²) in [6.07, 6.45) is 0.103. The molecular weight excluding hydrogens is 254 g/mol. The molecule has 96 valence electrons. The first-order valence-electron chi connectivity index (χ1n) is 5.90. The second-order valence-corrected chi connectivity index (χ2v) is 4.40. The van der Waals surface area contributed by atoms with Crippen LogP contribution in [0.25, 0.3) is 0 Å². The summed E-state index contributed by atoms with van der Waals surface area (Å²) in [7, 11) is 0. The fourth-order valence-corrected chi connectivity index (χ4v) is 2.15. The fourth-order valence-electron chi connectivity index (χ4n) is 2.03. The number of likely N-dealkylation sites (N-methyl/N-ethyl adjacent to an activating group) is 1. The smallest absolute Gasteiger partial charge is 0.268 e. The number of nitrogens with zero attached hydrogens (tertiary/aromatic N) is 1. The van der Waals surface area contributed by atoms with E-state index in [-0.39, 0.29) is 5.91 Å². The molecular formula is C13H14ClNO3. The summed E-state index contributed by atoms with van der Waals surface area (Å²) in [4.78, 5) is 24.9. The van der Waals surface area contributed by atoms with Crippen LogP contribution in [0.5, 0.6) is 5.75 Å². The maximum Gasteiger partial charge on any atom is 0.268 e. The summed E-state index contributed by atoms with van der Waals surface area (Å²) in [5, 5.41) is -0.533. The lowest BCUT2D eigenvalue weighted by Crippen LogP contribution is -2.45. The van der Waals surface area contributed by atoms with Gasteiger partial charge in [0.05, 0.1) is 5.69 Å². The van der Waals surface area contributed by atoms with Crippen LogP contribution in [0.3, 0.4) is 0 Å². The van der Waals surface area contributed by atoms with Crippen LogP contribution in [0, 0.1) is 0 Å². The molecule has 1 aromatic rings. The molecule has 1 aliphatic rings. The second kappa shape index (κ2) is 4.98. The topological polar surface area (TPSA) is 46.6 Å². The minimum Gasteiger partial charge on any atom is -0.478 e. The van der Waals surface area contributed by atoms with E-state index >= 15 is 0 Å². The number of anilines is 1. The maximum absolute atomic E-state index is 12.1. The largest absolute Gasteiger partial charge is 0.478 e. The minimum atomic E-state index is -0.533. The van der Waals surface area contributed by atoms with Crippen LogP contribution < -0.4 is 9.64 Å². The molecule has 0 spiro atoms. The van der Waals surface area contributed by atoms with Crippen molar-refractivity contribution < 1.29 is 14.3 Å². The van der Waals surface area contributed by atoms with Gasteiger partial charge in [-0.3, -0.25) is 9.59 Å². The van der Waals surface area contributed by atoms with Crippen molar-refractivity contribution >= 4 is 28.4 Å². The van der Waals surface area contributed by atoms with Crippen molar-refractivity contribution in [2.24, 2.45) is 0 Å². The standard InChI is InChI=1S/C13H14ClNO3/c1-3-10-13(17)15(4-2)9-6-5-8(12(14)16)7-11(9)18-10/h5-7,10H,3-4H2,1-2H3. The van der Waals surface area contributed by atoms with E-state index in [1.54, 1.807) is 23.1 Å². The Labute approximate surface area is 110 Å². The molecule has 4 nitrogen and oxygen atoms in total. The number of halogens is 1. The third-order valence-corrected chi connectivity index (χ3v) is 3.19. The Morgan fingerprint density at radius 3 is 2.72 bits per heavy atom. The molecule has 18 heavy (non-hydrogen) atoms. The Morgan fingerprint density at radius 2 is 2.17 bits per heavy atom. The van der Waals surface area contributed by atoms with Crippen LogP contribution in [0.15, 0.2) is 18.2 Å². The number of ether oxygens (including phenoxy) is 1. The van der Waals surface area contributed by atoms with Crippen molar-refractivity contribution in [2.45, 2.75) is 26.4 Å². The summed E-state index contributed by atoms with van der Waals surface area (Å²) < 4.78 is 5.61. The average Bonchev–Trinajstić information content (AvgIpc) is 2.37. The molecule has 0 saturated heterocycles. The molecule has 0 aliphatic carbocycles. The molecule has 0 fully saturated rings. The molecule has 5 heteroatoms. The number of amides is 1. The number of hydrogen-bond acceptors (Lipinski definition) is 3. The van der Waals surface area contributed by atoms with Gasteiger partial charge in [-0.1, -0.05) is 6.92 Å². The molecule has 1 aliphatic heterocycles. The van der Waals surface area contributed by atoms with Gasteiger partial charge in [-0.25, -0.2) is 0 Å². The number of benzene rings is 1. The van der Waals surface area contributed by atoms with Gasteiger partial charge in [0.25, 0.3) is 11.1 Å². The predicted octanol–water partition coefficient (Wildman–Crippen LogP) is 2.59. The monoisotopic (exact) mass is 267 g/mol. The number of fused-ring (bicyclic) bond motifs is 1. The highest BCUT2D eigenvalue weighted by molar-refractivity contribution is 6.67. The normalized spacial score (nSPS) is 18.3. The Balaban J connectivity index is 2.47. The van der Waals surface area contributed by atoms with E-state index in [1.165, 1.54) is 0 Å². The van der Waals surface area contributed by atoms with Crippen molar-refractivity contribution in [1.82, 2.24) is 0 Å². The minimum absolute atomic E-state index is 0.0440. The van der Waals surface area contributed by atoms with E-state index in [1.807, 2.05) is 13.8 Å². The quantitative estimate of drug-likeness (QED) is 0.791. The highest BCUT2D eigenvalue weighted by Crippen LogP contribution is 2.35. The first-order chi connectivity index (χ1) is 8.58. The summed E-state index contributed by atoms with van der Waals surface area (Å²) >= 11 is 5.44. The zero-order valence-electron chi connectivity index (χ0n) is 10.3. The zero-order chi connectivity index (χ0) is 13.3. The summed E-state index contributed by atoms with van der Waals surface area (Å²) in [5.74, 6) is 0.493. The van der Waals surface area contributed by atoms with Gasteiger partial charge in [-0.15, -0.1) is 0 Å². The van der Waals surface area contributed by atoms with Crippen molar-refractivity contribution in [3.05, 3.63) is 23.8 Å². The molecule has 0 aromatic heterocycles. The Kier molecular flexibility index (Phi) is 3.57. The molecule has 2 rings (SSSR count). The van der Waals surface area contributed by atoms with Crippen LogP contribution in [-0.2, 0) is 4.79 Å². The number of rotatable bonds is 3. The molecule has 0 bridgehead atoms. The molecule has 1 aromatic carbocycles. The first-order valence-corrected chi connectivity index (χ1v) is 6.28. The summed E-state index contributed by atoms with van der Waals surface area (Å²) in [6, 6.07) is 4.88. The number of hydrogen-bond donors (Lipinski definition) is 0. The van der Waals surface area contributed by atoms with E-state index in [0.29, 0.717) is 30.0 Å². The van der Waals surface area contributed by atoms with Gasteiger partial charge in [0.15, 0.2) is 6.10 Å². The van der Waals surface area contributed by atoms with Crippen LogP contribution in [0.1, 0.15) is 30.6 Å². The lowest BCUT2D eigenvalue weighted by molar-refractivity contribution is -0.126. The Morgan fingerprint density at radius 1 is 1.44 bits per heavy atom. The second-order valence-electron chi connectivity index (χ2n) is 4.05. The van der Waals surface area contributed by atoms with E-state index in [4.69, 9.17) is 16.3 Å². The number of carbonyl (C=O) groups excluding carboxylic acids is 2. The van der Waals surface area contributed by atoms with Crippen LogP contribution in [0.4, 0.5) is 5.69 Å². The first kappa shape index (κ1) is 12.9. The van der Waals surface area contributed by atoms with Crippen molar-refractivity contribution in [1.29, 1.82) is 0 Å². The van der Waals surface area contributed by atoms with Gasteiger partial charge in [-0.05, 0) is 43.1 Å². The van der Waals surface area contributed by atoms with Crippen molar-refractivity contribution in [3.63, 3.8) is 0 Å². The third-order valence-electron chi connectivity index (χ3n) is 2.98. The van der Waals surface area contributed by atoms with Gasteiger partial charge >= 0.3 is 0 Å². The highest BCUT2D eigenvalue weighted by Gasteiger charge is 2.32. The SMILES string of the molecule is CCC1Oc2cc(C(=O)Cl)ccc2N(CC)C1=O. The van der Waals surface area contributed by atoms with Crippen LogP contribution in [-0.4, -0.2) is 23.8 Å². The molecule has 1 heterocycles. The molecule has 1 atom stereocenters. The predicted molar refractivity (Wildman–Crippen MR) is 69.4 cm³/mol. The van der Waals surface area contributed by atoms with Gasteiger partial charge in [0.1, 0.15) is 5.75 Å². The Bertz CT molecular complexity index is 501. The summed E-state index contributed by atoms with van der Waals surface area (Å²) in [6.45, 7) is 4.36. The fraction of sp³-hybridized carbons (Fsp3) is 0.385. The van der Waals surface area contributed by atoms with E-state index in [0.717, 1.165) is 0 Å². The Hall–Kier alpha value is -1.55. The molecule has 0 N–H and O–H groups in total. The zero-order valence-corrected chi connectivity index (χ0v) is 11.0. The molecule has 0 radical (unpaired) electrons. The lowest BCUT2D eigenvalue weighted by Gasteiger charge is -2.33. The highest BCUT2D eigenvalue weighted by atomic mass is 35.5. The molecule has 1 amide bonds. The molecule has 1 unspecified atom stereocenters. The van der Waals surface area contributed by atoms with Gasteiger partial charge in [0.2, 0.25) is 0 Å². The van der Waals surface area contributed by atoms with Gasteiger partial charge < -0.3 is 9.64 Å². The van der Waals surface area contributed by atoms with Gasteiger partial charge in [-0.2, -0.15) is 0 Å². The van der Waals surface area contributed by atoms with Crippen molar-refractivity contribution in [2.75, 3.05) is 11.4 Å². The van der Waals surface area contributed by atoms with E-state index < -0.39 is 11.3 Å². The lowest BCUT2D eigenvalue weighted by atomic mass is 10.1. The third kappa shape index (κ3) is 2.08. The van der Waals surface area contributed by atoms with Crippen LogP contribution >= 0.6 is 11.6 Å². The van der Waals surface area contributed by atoms with Crippen molar-refractivity contribution in [3.8, 4) is 5.75 Å². The van der Waals surface area contributed by atoms with E-state index in [9.17, 15) is 9.59 Å². The van der Waals surface area contributed by atoms with E-state index in [2.05, 4.69) is 0 Å². The average molecular weight is 268 g/mol.